The highest BCUT2D eigenvalue weighted by atomic mass is 32.1. The molecule has 5 heteroatoms. The van der Waals surface area contributed by atoms with Crippen LogP contribution >= 0.6 is 11.3 Å². The lowest BCUT2D eigenvalue weighted by atomic mass is 9.85. The molecule has 6 rings (SSSR count). The van der Waals surface area contributed by atoms with Crippen LogP contribution in [0.3, 0.4) is 0 Å². The molecule has 6 aromatic rings. The zero-order chi connectivity index (χ0) is 27.7. The quantitative estimate of drug-likeness (QED) is 0.166. The minimum Gasteiger partial charge on any atom is -0.455 e. The van der Waals surface area contributed by atoms with Gasteiger partial charge in [0.1, 0.15) is 11.2 Å². The van der Waals surface area contributed by atoms with Crippen LogP contribution in [0.1, 0.15) is 57.5 Å². The van der Waals surface area contributed by atoms with E-state index in [1.807, 2.05) is 12.1 Å². The van der Waals surface area contributed by atoms with E-state index < -0.39 is 0 Å². The number of nitriles is 1. The van der Waals surface area contributed by atoms with E-state index in [2.05, 4.69) is 106 Å². The largest absolute Gasteiger partial charge is 0.455 e. The van der Waals surface area contributed by atoms with Crippen LogP contribution in [0.5, 0.6) is 0 Å². The summed E-state index contributed by atoms with van der Waals surface area (Å²) in [5.74, 6) is 0. The van der Waals surface area contributed by atoms with Gasteiger partial charge in [0.25, 0.3) is 5.70 Å². The molecule has 3 aromatic carbocycles. The summed E-state index contributed by atoms with van der Waals surface area (Å²) in [5.41, 5.74) is 7.81. The fraction of sp³-hybridized carbons (Fsp3) is 0.235. The molecule has 39 heavy (non-hydrogen) atoms. The Balaban J connectivity index is 1.57. The predicted octanol–water partition coefficient (Wildman–Crippen LogP) is 10.1. The van der Waals surface area contributed by atoms with Gasteiger partial charge in [-0.05, 0) is 70.5 Å². The molecule has 0 unspecified atom stereocenters. The van der Waals surface area contributed by atoms with Crippen molar-refractivity contribution in [2.45, 2.75) is 52.4 Å². The van der Waals surface area contributed by atoms with Gasteiger partial charge in [-0.25, -0.2) is 10.1 Å². The third kappa shape index (κ3) is 4.11. The van der Waals surface area contributed by atoms with Crippen molar-refractivity contribution in [3.63, 3.8) is 0 Å². The van der Waals surface area contributed by atoms with E-state index in [4.69, 9.17) is 16.3 Å². The van der Waals surface area contributed by atoms with E-state index >= 15 is 0 Å². The SMILES string of the molecule is [C-]#[N+]/C(C#N)=C\c1cc2oc3cc(-n4c5ccc(C(C)(C)C)cc5c5cc(C(C)(C)C)ccc54)ccc3c2s1. The van der Waals surface area contributed by atoms with Crippen LogP contribution in [0.2, 0.25) is 0 Å². The first-order valence-corrected chi connectivity index (χ1v) is 13.8. The Morgan fingerprint density at radius 2 is 1.46 bits per heavy atom. The van der Waals surface area contributed by atoms with Gasteiger partial charge in [0.05, 0.1) is 28.4 Å². The molecule has 0 atom stereocenters. The molecule has 0 saturated carbocycles. The molecule has 0 aliphatic rings. The molecule has 0 fully saturated rings. The number of benzene rings is 3. The van der Waals surface area contributed by atoms with Crippen molar-refractivity contribution in [2.24, 2.45) is 0 Å². The van der Waals surface area contributed by atoms with Gasteiger partial charge in [0.2, 0.25) is 0 Å². The second-order valence-electron chi connectivity index (χ2n) is 12.2. The van der Waals surface area contributed by atoms with Crippen LogP contribution in [0, 0.1) is 17.9 Å². The van der Waals surface area contributed by atoms with Gasteiger partial charge in [-0.1, -0.05) is 53.7 Å². The molecule has 0 saturated heterocycles. The van der Waals surface area contributed by atoms with Gasteiger partial charge >= 0.3 is 0 Å². The van der Waals surface area contributed by atoms with Crippen molar-refractivity contribution in [2.75, 3.05) is 0 Å². The Bertz CT molecular complexity index is 1970. The van der Waals surface area contributed by atoms with E-state index in [1.54, 1.807) is 6.08 Å². The fourth-order valence-electron chi connectivity index (χ4n) is 5.23. The minimum atomic E-state index is 0.0554. The Morgan fingerprint density at radius 3 is 2.00 bits per heavy atom. The zero-order valence-corrected chi connectivity index (χ0v) is 23.8. The molecule has 0 amide bonds. The van der Waals surface area contributed by atoms with Crippen molar-refractivity contribution < 1.29 is 4.42 Å². The van der Waals surface area contributed by atoms with E-state index in [0.29, 0.717) is 0 Å². The molecule has 0 N–H and O–H groups in total. The molecular formula is C34H29N3OS. The van der Waals surface area contributed by atoms with Gasteiger partial charge in [0, 0.05) is 32.8 Å². The minimum absolute atomic E-state index is 0.0554. The van der Waals surface area contributed by atoms with E-state index in [0.717, 1.165) is 31.8 Å². The van der Waals surface area contributed by atoms with E-state index in [1.165, 1.54) is 44.3 Å². The van der Waals surface area contributed by atoms with E-state index in [-0.39, 0.29) is 16.5 Å². The average Bonchev–Trinajstić information content (AvgIpc) is 3.53. The molecule has 0 aliphatic carbocycles. The van der Waals surface area contributed by atoms with Gasteiger partial charge in [0.15, 0.2) is 0 Å². The second kappa shape index (κ2) is 8.60. The monoisotopic (exact) mass is 527 g/mol. The molecule has 0 radical (unpaired) electrons. The highest BCUT2D eigenvalue weighted by Crippen LogP contribution is 2.40. The van der Waals surface area contributed by atoms with Crippen molar-refractivity contribution in [1.29, 1.82) is 5.26 Å². The molecule has 192 valence electrons. The van der Waals surface area contributed by atoms with Crippen LogP contribution < -0.4 is 0 Å². The summed E-state index contributed by atoms with van der Waals surface area (Å²) >= 11 is 1.54. The summed E-state index contributed by atoms with van der Waals surface area (Å²) in [5, 5.41) is 12.7. The Hall–Kier alpha value is -4.32. The number of aromatic nitrogens is 1. The Kier molecular flexibility index (Phi) is 5.51. The zero-order valence-electron chi connectivity index (χ0n) is 23.0. The van der Waals surface area contributed by atoms with Gasteiger partial charge in [-0.2, -0.15) is 0 Å². The maximum absolute atomic E-state index is 9.11. The highest BCUT2D eigenvalue weighted by Gasteiger charge is 2.21. The number of thiophene rings is 1. The average molecular weight is 528 g/mol. The van der Waals surface area contributed by atoms with Crippen molar-refractivity contribution in [3.8, 4) is 11.8 Å². The van der Waals surface area contributed by atoms with E-state index in [9.17, 15) is 0 Å². The highest BCUT2D eigenvalue weighted by molar-refractivity contribution is 7.20. The number of allylic oxidation sites excluding steroid dienone is 1. The fourth-order valence-corrected chi connectivity index (χ4v) is 6.28. The molecule has 4 nitrogen and oxygen atoms in total. The molecule has 3 heterocycles. The van der Waals surface area contributed by atoms with Crippen molar-refractivity contribution >= 4 is 60.5 Å². The third-order valence-electron chi connectivity index (χ3n) is 7.42. The number of nitrogens with zero attached hydrogens (tertiary/aromatic N) is 3. The third-order valence-corrected chi connectivity index (χ3v) is 8.51. The molecular weight excluding hydrogens is 498 g/mol. The van der Waals surface area contributed by atoms with Crippen LogP contribution in [-0.2, 0) is 10.8 Å². The molecule has 3 aromatic heterocycles. The maximum Gasteiger partial charge on any atom is 0.263 e. The first-order valence-electron chi connectivity index (χ1n) is 13.0. The normalized spacial score (nSPS) is 13.0. The van der Waals surface area contributed by atoms with Crippen LogP contribution in [0.15, 0.2) is 70.8 Å². The van der Waals surface area contributed by atoms with Crippen molar-refractivity contribution in [1.82, 2.24) is 4.57 Å². The van der Waals surface area contributed by atoms with Crippen LogP contribution in [0.4, 0.5) is 0 Å². The first kappa shape index (κ1) is 25.0. The number of hydrogen-bond donors (Lipinski definition) is 0. The van der Waals surface area contributed by atoms with Gasteiger partial charge in [-0.15, -0.1) is 11.3 Å². The molecule has 0 spiro atoms. The number of furan rings is 1. The molecule has 0 aliphatic heterocycles. The number of rotatable bonds is 2. The standard InChI is InChI=1S/C34H29N3OS/c1-33(2,3)20-8-12-28-26(14-20)27-15-21(34(4,5)6)9-13-29(27)37(28)23-10-11-25-30(17-23)38-31-18-24(39-32(25)31)16-22(19-35)36-7/h8-18H,1-6H3/b22-16-. The number of fused-ring (bicyclic) bond motifs is 6. The lowest BCUT2D eigenvalue weighted by Gasteiger charge is -2.19. The first-order chi connectivity index (χ1) is 18.5. The van der Waals surface area contributed by atoms with Crippen LogP contribution in [-0.4, -0.2) is 4.57 Å². The summed E-state index contributed by atoms with van der Waals surface area (Å²) < 4.78 is 9.64. The lowest BCUT2D eigenvalue weighted by molar-refractivity contribution is 0.590. The summed E-state index contributed by atoms with van der Waals surface area (Å²) in [6.45, 7) is 20.7. The van der Waals surface area contributed by atoms with Crippen molar-refractivity contribution in [3.05, 3.63) is 93.8 Å². The predicted molar refractivity (Wildman–Crippen MR) is 164 cm³/mol. The summed E-state index contributed by atoms with van der Waals surface area (Å²) in [6.07, 6.45) is 1.61. The molecule has 0 bridgehead atoms. The Morgan fingerprint density at radius 1 is 0.846 bits per heavy atom. The lowest BCUT2D eigenvalue weighted by Crippen LogP contribution is -2.10. The summed E-state index contributed by atoms with van der Waals surface area (Å²) in [7, 11) is 0. The Labute approximate surface area is 232 Å². The summed E-state index contributed by atoms with van der Waals surface area (Å²) in [4.78, 5) is 4.11. The topological polar surface area (TPSA) is 46.2 Å². The van der Waals surface area contributed by atoms with Crippen LogP contribution in [0.25, 0.3) is 59.7 Å². The smallest absolute Gasteiger partial charge is 0.263 e. The number of hydrogen-bond acceptors (Lipinski definition) is 3. The summed E-state index contributed by atoms with van der Waals surface area (Å²) in [6, 6.07) is 23.9. The van der Waals surface area contributed by atoms with Gasteiger partial charge in [-0.3, -0.25) is 0 Å². The van der Waals surface area contributed by atoms with Gasteiger partial charge < -0.3 is 8.98 Å². The second-order valence-corrected chi connectivity index (χ2v) is 13.3. The maximum atomic E-state index is 9.11.